The monoisotopic (exact) mass is 322 g/mol. The Balaban J connectivity index is 2.84. The molecule has 0 bridgehead atoms. The molecule has 0 aliphatic rings. The summed E-state index contributed by atoms with van der Waals surface area (Å²) in [5.74, 6) is 0.288. The van der Waals surface area contributed by atoms with E-state index in [1.165, 1.54) is 6.07 Å². The van der Waals surface area contributed by atoms with Crippen LogP contribution in [0.3, 0.4) is 0 Å². The highest BCUT2D eigenvalue weighted by Crippen LogP contribution is 2.32. The second-order valence-corrected chi connectivity index (χ2v) is 5.47. The number of hydrogen-bond acceptors (Lipinski definition) is 1. The molecule has 100 valence electrons. The van der Waals surface area contributed by atoms with E-state index in [0.29, 0.717) is 16.5 Å². The lowest BCUT2D eigenvalue weighted by atomic mass is 10.0. The maximum absolute atomic E-state index is 12.4. The van der Waals surface area contributed by atoms with Gasteiger partial charge in [0.1, 0.15) is 5.78 Å². The number of ketones is 1. The number of halogens is 4. The lowest BCUT2D eigenvalue weighted by Crippen LogP contribution is -2.09. The molecule has 1 nitrogen and oxygen atoms in total. The molecule has 0 atom stereocenters. The molecule has 1 aromatic rings. The van der Waals surface area contributed by atoms with Crippen LogP contribution in [0, 0.1) is 5.92 Å². The van der Waals surface area contributed by atoms with E-state index in [4.69, 9.17) is 0 Å². The van der Waals surface area contributed by atoms with Gasteiger partial charge in [-0.1, -0.05) is 35.8 Å². The smallest absolute Gasteiger partial charge is 0.299 e. The molecular formula is C13H14BrF3O. The maximum atomic E-state index is 12.4. The minimum absolute atomic E-state index is 0.0328. The van der Waals surface area contributed by atoms with E-state index in [-0.39, 0.29) is 18.1 Å². The van der Waals surface area contributed by atoms with Gasteiger partial charge in [-0.25, -0.2) is 0 Å². The molecule has 0 amide bonds. The first-order valence-electron chi connectivity index (χ1n) is 5.57. The number of hydrogen-bond donors (Lipinski definition) is 0. The fraction of sp³-hybridized carbons (Fsp3) is 0.462. The summed E-state index contributed by atoms with van der Waals surface area (Å²) in [5, 5.41) is 0. The molecule has 0 saturated carbocycles. The molecule has 0 aromatic heterocycles. The fourth-order valence-corrected chi connectivity index (χ4v) is 2.13. The summed E-state index contributed by atoms with van der Waals surface area (Å²) in [6, 6.07) is 3.37. The van der Waals surface area contributed by atoms with E-state index < -0.39 is 11.7 Å². The summed E-state index contributed by atoms with van der Waals surface area (Å²) >= 11 is 3.08. The summed E-state index contributed by atoms with van der Waals surface area (Å²) < 4.78 is 37.7. The summed E-state index contributed by atoms with van der Waals surface area (Å²) in [5.41, 5.74) is -0.122. The first-order chi connectivity index (χ1) is 8.20. The quantitative estimate of drug-likeness (QED) is 0.790. The van der Waals surface area contributed by atoms with Crippen LogP contribution in [0.25, 0.3) is 0 Å². The third kappa shape index (κ3) is 4.44. The number of benzene rings is 1. The van der Waals surface area contributed by atoms with Crippen molar-refractivity contribution in [2.75, 3.05) is 0 Å². The van der Waals surface area contributed by atoms with Gasteiger partial charge in [-0.05, 0) is 23.6 Å². The van der Waals surface area contributed by atoms with Gasteiger partial charge in [0.2, 0.25) is 0 Å². The molecule has 5 heteroatoms. The van der Waals surface area contributed by atoms with Crippen LogP contribution < -0.4 is 0 Å². The molecule has 0 unspecified atom stereocenters. The Morgan fingerprint density at radius 1 is 1.33 bits per heavy atom. The second kappa shape index (κ2) is 5.87. The minimum atomic E-state index is -4.36. The summed E-state index contributed by atoms with van der Waals surface area (Å²) in [6.07, 6.45) is -3.76. The van der Waals surface area contributed by atoms with Crippen molar-refractivity contribution in [3.8, 4) is 0 Å². The van der Waals surface area contributed by atoms with Crippen molar-refractivity contribution in [1.29, 1.82) is 0 Å². The van der Waals surface area contributed by atoms with Gasteiger partial charge in [0.15, 0.2) is 0 Å². The van der Waals surface area contributed by atoms with E-state index in [1.54, 1.807) is 0 Å². The molecule has 0 heterocycles. The van der Waals surface area contributed by atoms with Crippen LogP contribution in [-0.2, 0) is 17.4 Å². The van der Waals surface area contributed by atoms with Gasteiger partial charge in [-0.15, -0.1) is 0 Å². The third-order valence-electron chi connectivity index (χ3n) is 2.40. The highest BCUT2D eigenvalue weighted by atomic mass is 79.9. The topological polar surface area (TPSA) is 17.1 Å². The summed E-state index contributed by atoms with van der Waals surface area (Å²) in [6.45, 7) is 3.86. The number of alkyl halides is 3. The van der Waals surface area contributed by atoms with Crippen LogP contribution in [0.1, 0.15) is 31.4 Å². The van der Waals surface area contributed by atoms with Crippen LogP contribution in [0.5, 0.6) is 0 Å². The van der Waals surface area contributed by atoms with Crippen molar-refractivity contribution >= 4 is 21.7 Å². The van der Waals surface area contributed by atoms with E-state index in [2.05, 4.69) is 15.9 Å². The van der Waals surface area contributed by atoms with Crippen LogP contribution in [-0.4, -0.2) is 5.78 Å². The summed E-state index contributed by atoms with van der Waals surface area (Å²) in [7, 11) is 0. The molecule has 0 saturated heterocycles. The van der Waals surface area contributed by atoms with Crippen LogP contribution in [0.2, 0.25) is 0 Å². The molecule has 0 aliphatic heterocycles. The van der Waals surface area contributed by atoms with E-state index in [1.807, 2.05) is 13.8 Å². The van der Waals surface area contributed by atoms with Crippen molar-refractivity contribution in [1.82, 2.24) is 0 Å². The Labute approximate surface area is 113 Å². The van der Waals surface area contributed by atoms with Gasteiger partial charge in [0.25, 0.3) is 0 Å². The number of Topliss-reactive ketones (excluding diaryl/α,β-unsaturated/α-hetero) is 1. The van der Waals surface area contributed by atoms with E-state index >= 15 is 0 Å². The van der Waals surface area contributed by atoms with Crippen molar-refractivity contribution in [2.45, 2.75) is 32.9 Å². The number of rotatable bonds is 4. The van der Waals surface area contributed by atoms with Crippen molar-refractivity contribution in [2.24, 2.45) is 5.92 Å². The van der Waals surface area contributed by atoms with Gasteiger partial charge < -0.3 is 0 Å². The molecular weight excluding hydrogens is 309 g/mol. The lowest BCUT2D eigenvalue weighted by molar-refractivity contribution is -0.137. The molecule has 18 heavy (non-hydrogen) atoms. The molecule has 0 N–H and O–H groups in total. The molecule has 0 aliphatic carbocycles. The molecule has 0 spiro atoms. The number of carbonyl (C=O) groups excluding carboxylic acids is 1. The van der Waals surface area contributed by atoms with Crippen molar-refractivity contribution in [3.05, 3.63) is 33.8 Å². The predicted molar refractivity (Wildman–Crippen MR) is 67.3 cm³/mol. The highest BCUT2D eigenvalue weighted by Gasteiger charge is 2.30. The van der Waals surface area contributed by atoms with E-state index in [9.17, 15) is 18.0 Å². The van der Waals surface area contributed by atoms with Crippen LogP contribution in [0.15, 0.2) is 22.7 Å². The molecule has 1 aromatic carbocycles. The standard InChI is InChI=1S/C13H14BrF3O/c1-8(2)5-11(18)6-9-3-4-10(7-12(9)14)13(15,16)17/h3-4,7-8H,5-6H2,1-2H3. The zero-order valence-electron chi connectivity index (χ0n) is 10.1. The fourth-order valence-electron chi connectivity index (χ4n) is 1.61. The van der Waals surface area contributed by atoms with Gasteiger partial charge in [-0.2, -0.15) is 13.2 Å². The van der Waals surface area contributed by atoms with Gasteiger partial charge in [0.05, 0.1) is 5.56 Å². The average Bonchev–Trinajstić information content (AvgIpc) is 2.18. The van der Waals surface area contributed by atoms with Crippen LogP contribution in [0.4, 0.5) is 13.2 Å². The third-order valence-corrected chi connectivity index (χ3v) is 3.14. The Hall–Kier alpha value is -0.840. The highest BCUT2D eigenvalue weighted by molar-refractivity contribution is 9.10. The predicted octanol–water partition coefficient (Wildman–Crippen LogP) is 4.63. The van der Waals surface area contributed by atoms with Crippen LogP contribution >= 0.6 is 15.9 Å². The molecule has 1 rings (SSSR count). The van der Waals surface area contributed by atoms with Gasteiger partial charge in [0, 0.05) is 17.3 Å². The maximum Gasteiger partial charge on any atom is 0.416 e. The Bertz CT molecular complexity index is 438. The minimum Gasteiger partial charge on any atom is -0.299 e. The lowest BCUT2D eigenvalue weighted by Gasteiger charge is -2.10. The summed E-state index contributed by atoms with van der Waals surface area (Å²) in [4.78, 5) is 11.6. The average molecular weight is 323 g/mol. The molecule has 0 radical (unpaired) electrons. The van der Waals surface area contributed by atoms with Gasteiger partial charge in [-0.3, -0.25) is 4.79 Å². The van der Waals surface area contributed by atoms with E-state index in [0.717, 1.165) is 12.1 Å². The SMILES string of the molecule is CC(C)CC(=O)Cc1ccc(C(F)(F)F)cc1Br. The van der Waals surface area contributed by atoms with Crippen molar-refractivity contribution < 1.29 is 18.0 Å². The number of carbonyl (C=O) groups is 1. The Morgan fingerprint density at radius 2 is 1.94 bits per heavy atom. The normalized spacial score (nSPS) is 11.9. The zero-order chi connectivity index (χ0) is 13.9. The Kier molecular flexibility index (Phi) is 4.96. The molecule has 0 fully saturated rings. The van der Waals surface area contributed by atoms with Crippen molar-refractivity contribution in [3.63, 3.8) is 0 Å². The zero-order valence-corrected chi connectivity index (χ0v) is 11.7. The largest absolute Gasteiger partial charge is 0.416 e. The first kappa shape index (κ1) is 15.2. The van der Waals surface area contributed by atoms with Gasteiger partial charge >= 0.3 is 6.18 Å². The Morgan fingerprint density at radius 3 is 2.39 bits per heavy atom. The second-order valence-electron chi connectivity index (χ2n) is 4.62. The first-order valence-corrected chi connectivity index (χ1v) is 6.36.